The Kier molecular flexibility index (Phi) is 14.8. The van der Waals surface area contributed by atoms with Gasteiger partial charge in [0.15, 0.2) is 0 Å². The van der Waals surface area contributed by atoms with E-state index in [1.165, 1.54) is 11.1 Å². The first-order chi connectivity index (χ1) is 15.0. The second kappa shape index (κ2) is 17.0. The smallest absolute Gasteiger partial charge is 0.134 e. The van der Waals surface area contributed by atoms with Gasteiger partial charge in [-0.1, -0.05) is 48.5 Å². The maximum Gasteiger partial charge on any atom is 0.134 e. The van der Waals surface area contributed by atoms with Crippen LogP contribution >= 0.6 is 0 Å². The lowest BCUT2D eigenvalue weighted by molar-refractivity contribution is 0.548. The summed E-state index contributed by atoms with van der Waals surface area (Å²) >= 11 is 0. The third kappa shape index (κ3) is 11.0. The number of hydrazone groups is 1. The first-order valence-electron chi connectivity index (χ1n) is 9.26. The molecule has 0 aliphatic rings. The van der Waals surface area contributed by atoms with Gasteiger partial charge in [-0.3, -0.25) is 22.1 Å². The molecular weight excluding hydrogens is 392 g/mol. The molecule has 0 unspecified atom stereocenters. The van der Waals surface area contributed by atoms with Crippen molar-refractivity contribution in [3.63, 3.8) is 0 Å². The van der Waals surface area contributed by atoms with Crippen molar-refractivity contribution in [1.82, 2.24) is 10.9 Å². The number of hydrogen-bond donors (Lipinski definition) is 7. The van der Waals surface area contributed by atoms with Crippen LogP contribution in [-0.2, 0) is 0 Å². The second-order valence-corrected chi connectivity index (χ2v) is 5.71. The summed E-state index contributed by atoms with van der Waals surface area (Å²) < 4.78 is 5.65. The van der Waals surface area contributed by atoms with Crippen LogP contribution in [0.2, 0.25) is 0 Å². The zero-order valence-electron chi connectivity index (χ0n) is 18.1. The van der Waals surface area contributed by atoms with Crippen molar-refractivity contribution >= 4 is 18.9 Å². The molecule has 0 fully saturated rings. The van der Waals surface area contributed by atoms with Crippen LogP contribution < -0.4 is 28.2 Å². The largest absolute Gasteiger partial charge is 0.461 e. The molecule has 0 radical (unpaired) electrons. The fraction of sp³-hybridized carbons (Fsp3) is 0.136. The maximum absolute atomic E-state index is 5.86. The fourth-order valence-electron chi connectivity index (χ4n) is 2.32. The predicted molar refractivity (Wildman–Crippen MR) is 130 cm³/mol. The van der Waals surface area contributed by atoms with Crippen LogP contribution in [0.25, 0.3) is 22.5 Å². The molecule has 0 saturated heterocycles. The average Bonchev–Trinajstić information content (AvgIpc) is 3.21. The lowest BCUT2D eigenvalue weighted by Crippen LogP contribution is -2.13. The number of nitrogens with one attached hydrogen (secondary N) is 4. The van der Waals surface area contributed by atoms with Crippen molar-refractivity contribution in [2.24, 2.45) is 22.4 Å². The lowest BCUT2D eigenvalue weighted by atomic mass is 10.0. The van der Waals surface area contributed by atoms with Gasteiger partial charge in [0.05, 0.1) is 18.9 Å². The highest BCUT2D eigenvalue weighted by atomic mass is 16.3. The molecule has 0 aliphatic carbocycles. The van der Waals surface area contributed by atoms with E-state index in [0.29, 0.717) is 0 Å². The van der Waals surface area contributed by atoms with E-state index in [9.17, 15) is 0 Å². The van der Waals surface area contributed by atoms with Gasteiger partial charge in [0.25, 0.3) is 0 Å². The Bertz CT molecular complexity index is 881. The Morgan fingerprint density at radius 3 is 1.61 bits per heavy atom. The molecule has 31 heavy (non-hydrogen) atoms. The van der Waals surface area contributed by atoms with Crippen LogP contribution in [0, 0.1) is 17.7 Å². The number of rotatable bonds is 4. The van der Waals surface area contributed by atoms with Crippen LogP contribution in [0.15, 0.2) is 70.2 Å². The topological polar surface area (TPSA) is 175 Å². The van der Waals surface area contributed by atoms with Crippen molar-refractivity contribution in [3.8, 4) is 22.5 Å². The van der Waals surface area contributed by atoms with Crippen molar-refractivity contribution < 1.29 is 4.42 Å². The van der Waals surface area contributed by atoms with E-state index in [1.807, 2.05) is 19.1 Å². The van der Waals surface area contributed by atoms with Gasteiger partial charge in [-0.05, 0) is 42.8 Å². The second-order valence-electron chi connectivity index (χ2n) is 5.71. The normalized spacial score (nSPS) is 9.16. The number of benzene rings is 2. The Morgan fingerprint density at radius 1 is 0.806 bits per heavy atom. The zero-order chi connectivity index (χ0) is 23.5. The van der Waals surface area contributed by atoms with Crippen molar-refractivity contribution in [1.29, 1.82) is 10.8 Å². The maximum atomic E-state index is 5.86. The van der Waals surface area contributed by atoms with Gasteiger partial charge in [-0.2, -0.15) is 5.10 Å². The van der Waals surface area contributed by atoms with Gasteiger partial charge in [0.2, 0.25) is 0 Å². The molecule has 0 saturated carbocycles. The Hall–Kier alpha value is -3.95. The average molecular weight is 425 g/mol. The number of hydrazine groups is 1. The number of aryl methyl sites for hydroxylation is 1. The third-order valence-corrected chi connectivity index (χ3v) is 3.50. The Balaban J connectivity index is 0.000000864. The summed E-state index contributed by atoms with van der Waals surface area (Å²) in [7, 11) is 3.44. The van der Waals surface area contributed by atoms with Crippen LogP contribution in [0.1, 0.15) is 11.3 Å². The van der Waals surface area contributed by atoms with Gasteiger partial charge in [0, 0.05) is 12.6 Å². The summed E-state index contributed by atoms with van der Waals surface area (Å²) in [6, 6.07) is 20.7. The lowest BCUT2D eigenvalue weighted by Gasteiger charge is -2.04. The van der Waals surface area contributed by atoms with Gasteiger partial charge in [0.1, 0.15) is 11.5 Å². The molecule has 1 aromatic heterocycles. The minimum atomic E-state index is 0.750. The molecule has 166 valence electrons. The van der Waals surface area contributed by atoms with E-state index < -0.39 is 0 Å². The van der Waals surface area contributed by atoms with Crippen LogP contribution in [0.3, 0.4) is 0 Å². The summed E-state index contributed by atoms with van der Waals surface area (Å²) in [4.78, 5) is 0. The summed E-state index contributed by atoms with van der Waals surface area (Å²) in [6.07, 6.45) is 3.30. The summed E-state index contributed by atoms with van der Waals surface area (Å²) in [5, 5.41) is 15.7. The minimum absolute atomic E-state index is 0.750. The van der Waals surface area contributed by atoms with Crippen molar-refractivity contribution in [2.75, 3.05) is 14.1 Å². The molecule has 3 aromatic rings. The first-order valence-corrected chi connectivity index (χ1v) is 9.26. The van der Waals surface area contributed by atoms with Gasteiger partial charge in [-0.25, -0.2) is 0 Å². The van der Waals surface area contributed by atoms with Crippen LogP contribution in [-0.4, -0.2) is 33.0 Å². The highest BCUT2D eigenvalue weighted by Gasteiger charge is 2.03. The van der Waals surface area contributed by atoms with E-state index in [0.717, 1.165) is 35.3 Å². The predicted octanol–water partition coefficient (Wildman–Crippen LogP) is 2.66. The van der Waals surface area contributed by atoms with Crippen molar-refractivity contribution in [3.05, 3.63) is 72.0 Å². The molecule has 10 N–H and O–H groups in total. The SMILES string of the molecule is CN/N=C/c1ccc(-c2ccc(-c3ccc(C)o3)cc2)cc1.CNN.N=CN.N=CN. The summed E-state index contributed by atoms with van der Waals surface area (Å²) in [6.45, 7) is 1.96. The molecule has 9 heteroatoms. The van der Waals surface area contributed by atoms with Crippen molar-refractivity contribution in [2.45, 2.75) is 6.92 Å². The molecule has 1 heterocycles. The molecular formula is C22H32N8O. The minimum Gasteiger partial charge on any atom is -0.461 e. The van der Waals surface area contributed by atoms with Gasteiger partial charge in [-0.15, -0.1) is 0 Å². The first kappa shape index (κ1) is 27.0. The number of hydrogen-bond acceptors (Lipinski definition) is 7. The molecule has 0 spiro atoms. The highest BCUT2D eigenvalue weighted by Crippen LogP contribution is 2.26. The van der Waals surface area contributed by atoms with Gasteiger partial charge < -0.3 is 21.3 Å². The Morgan fingerprint density at radius 2 is 1.23 bits per heavy atom. The molecule has 0 amide bonds. The van der Waals surface area contributed by atoms with Crippen LogP contribution in [0.4, 0.5) is 0 Å². The van der Waals surface area contributed by atoms with Crippen LogP contribution in [0.5, 0.6) is 0 Å². The summed E-state index contributed by atoms with van der Waals surface area (Å²) in [5.74, 6) is 6.43. The molecule has 0 bridgehead atoms. The summed E-state index contributed by atoms with van der Waals surface area (Å²) in [5.41, 5.74) is 18.3. The number of furan rings is 1. The van der Waals surface area contributed by atoms with E-state index in [-0.39, 0.29) is 0 Å². The van der Waals surface area contributed by atoms with E-state index in [4.69, 9.17) is 15.2 Å². The number of nitrogens with two attached hydrogens (primary N) is 3. The quantitative estimate of drug-likeness (QED) is 0.147. The fourth-order valence-corrected chi connectivity index (χ4v) is 2.32. The molecule has 2 aromatic carbocycles. The monoisotopic (exact) mass is 424 g/mol. The number of nitrogens with zero attached hydrogens (tertiary/aromatic N) is 1. The Labute approximate surface area is 183 Å². The molecule has 9 nitrogen and oxygen atoms in total. The molecule has 3 rings (SSSR count). The van der Waals surface area contributed by atoms with E-state index >= 15 is 0 Å². The standard InChI is InChI=1S/C19H18N2O.CH6N2.2CH4N2/c1-14-3-12-19(22-14)18-10-8-17(9-11-18)16-6-4-15(5-7-16)13-21-20-2;1-3-2;2*2-1-3/h3-13,20H,1-2H3;3H,2H2,1H3;2*1H,(H3,2,3)/b21-13+;;;. The van der Waals surface area contributed by atoms with Gasteiger partial charge >= 0.3 is 0 Å². The molecule has 0 atom stereocenters. The third-order valence-electron chi connectivity index (χ3n) is 3.50. The van der Waals surface area contributed by atoms with E-state index in [2.05, 4.69) is 81.8 Å². The zero-order valence-corrected chi connectivity index (χ0v) is 18.1. The molecule has 0 aliphatic heterocycles. The van der Waals surface area contributed by atoms with E-state index in [1.54, 1.807) is 20.3 Å². The highest BCUT2D eigenvalue weighted by molar-refractivity contribution is 5.81.